The fourth-order valence-electron chi connectivity index (χ4n) is 7.62. The number of pyridine rings is 1. The molecule has 0 fully saturated rings. The summed E-state index contributed by atoms with van der Waals surface area (Å²) < 4.78 is 10.9. The van der Waals surface area contributed by atoms with Crippen LogP contribution in [0.1, 0.15) is 82.8 Å². The molecule has 5 nitrogen and oxygen atoms in total. The Hall–Kier alpha value is -4.64. The molecule has 240 valence electrons. The number of hydrogen-bond acceptors (Lipinski definition) is 3. The molecule has 0 radical (unpaired) electrons. The maximum atomic E-state index is 6.59. The third-order valence-electron chi connectivity index (χ3n) is 10.0. The number of aromatic nitrogens is 4. The van der Waals surface area contributed by atoms with Crippen molar-refractivity contribution in [2.45, 2.75) is 79.6 Å². The average molecular weight is 623 g/mol. The number of para-hydroxylation sites is 1. The van der Waals surface area contributed by atoms with Crippen LogP contribution in [0.15, 0.2) is 96.7 Å². The van der Waals surface area contributed by atoms with Gasteiger partial charge in [0.2, 0.25) is 0 Å². The molecule has 3 aromatic carbocycles. The predicted molar refractivity (Wildman–Crippen MR) is 194 cm³/mol. The quantitative estimate of drug-likeness (QED) is 0.174. The Balaban J connectivity index is 1.27. The molecule has 0 spiro atoms. The van der Waals surface area contributed by atoms with Crippen molar-refractivity contribution < 1.29 is 4.74 Å². The van der Waals surface area contributed by atoms with Crippen molar-refractivity contribution in [1.29, 1.82) is 0 Å². The largest absolute Gasteiger partial charge is 0.457 e. The van der Waals surface area contributed by atoms with E-state index in [2.05, 4.69) is 144 Å². The lowest BCUT2D eigenvalue weighted by atomic mass is 9.71. The normalized spacial score (nSPS) is 17.1. The minimum atomic E-state index is 0.0179. The van der Waals surface area contributed by atoms with Crippen LogP contribution in [0.3, 0.4) is 0 Å². The van der Waals surface area contributed by atoms with Crippen molar-refractivity contribution in [2.75, 3.05) is 0 Å². The van der Waals surface area contributed by atoms with Gasteiger partial charge in [-0.2, -0.15) is 5.10 Å². The molecule has 0 amide bonds. The molecule has 47 heavy (non-hydrogen) atoms. The van der Waals surface area contributed by atoms with Crippen molar-refractivity contribution in [3.63, 3.8) is 0 Å². The van der Waals surface area contributed by atoms with Crippen molar-refractivity contribution in [2.24, 2.45) is 11.8 Å². The first-order valence-electron chi connectivity index (χ1n) is 17.1. The van der Waals surface area contributed by atoms with Gasteiger partial charge in [0.05, 0.1) is 22.4 Å². The monoisotopic (exact) mass is 622 g/mol. The molecule has 0 bridgehead atoms. The highest BCUT2D eigenvalue weighted by Gasteiger charge is 2.32. The number of ether oxygens (including phenoxy) is 1. The smallest absolute Gasteiger partial charge is 0.137 e. The Kier molecular flexibility index (Phi) is 7.82. The average Bonchev–Trinajstić information content (AvgIpc) is 3.53. The van der Waals surface area contributed by atoms with Crippen molar-refractivity contribution in [3.05, 3.63) is 119 Å². The van der Waals surface area contributed by atoms with E-state index in [-0.39, 0.29) is 5.41 Å². The molecule has 7 rings (SSSR count). The zero-order valence-corrected chi connectivity index (χ0v) is 29.0. The fourth-order valence-corrected chi connectivity index (χ4v) is 7.62. The van der Waals surface area contributed by atoms with Gasteiger partial charge in [-0.1, -0.05) is 77.5 Å². The predicted octanol–water partition coefficient (Wildman–Crippen LogP) is 11.2. The molecule has 1 aliphatic carbocycles. The van der Waals surface area contributed by atoms with Crippen molar-refractivity contribution in [3.8, 4) is 23.0 Å². The van der Waals surface area contributed by atoms with Crippen LogP contribution in [-0.4, -0.2) is 19.3 Å². The second-order valence-electron chi connectivity index (χ2n) is 14.7. The van der Waals surface area contributed by atoms with E-state index in [4.69, 9.17) is 14.8 Å². The third kappa shape index (κ3) is 5.56. The molecule has 0 saturated carbocycles. The van der Waals surface area contributed by atoms with Crippen LogP contribution < -0.4 is 4.74 Å². The van der Waals surface area contributed by atoms with Gasteiger partial charge >= 0.3 is 0 Å². The lowest BCUT2D eigenvalue weighted by Gasteiger charge is -2.33. The topological polar surface area (TPSA) is 44.9 Å². The van der Waals surface area contributed by atoms with Crippen LogP contribution >= 0.6 is 0 Å². The van der Waals surface area contributed by atoms with Crippen molar-refractivity contribution in [1.82, 2.24) is 19.3 Å². The fraction of sp³-hybridized carbons (Fsp3) is 0.333. The van der Waals surface area contributed by atoms with Gasteiger partial charge < -0.3 is 4.74 Å². The molecule has 0 unspecified atom stereocenters. The molecule has 6 aromatic rings. The summed E-state index contributed by atoms with van der Waals surface area (Å²) in [6.07, 6.45) is 6.79. The number of fused-ring (bicyclic) bond motifs is 3. The summed E-state index contributed by atoms with van der Waals surface area (Å²) in [5.74, 6) is 4.00. The van der Waals surface area contributed by atoms with Crippen molar-refractivity contribution >= 4 is 21.8 Å². The molecule has 0 N–H and O–H groups in total. The summed E-state index contributed by atoms with van der Waals surface area (Å²) in [4.78, 5) is 4.83. The van der Waals surface area contributed by atoms with Gasteiger partial charge in [-0.15, -0.1) is 0 Å². The molecule has 0 saturated heterocycles. The Morgan fingerprint density at radius 2 is 1.62 bits per heavy atom. The Bertz CT molecular complexity index is 2140. The van der Waals surface area contributed by atoms with E-state index in [9.17, 15) is 0 Å². The number of aryl methyl sites for hydroxylation is 1. The molecule has 0 aliphatic heterocycles. The van der Waals surface area contributed by atoms with Crippen LogP contribution in [0, 0.1) is 25.7 Å². The first-order valence-corrected chi connectivity index (χ1v) is 17.1. The third-order valence-corrected chi connectivity index (χ3v) is 10.0. The molecule has 3 heterocycles. The summed E-state index contributed by atoms with van der Waals surface area (Å²) in [5.41, 5.74) is 9.73. The number of benzene rings is 3. The maximum absolute atomic E-state index is 6.59. The zero-order valence-electron chi connectivity index (χ0n) is 29.0. The standard InChI is InChI=1S/C42H46N4O/c1-26(2)34-17-11-13-27(3)40(34)41-28(4)44-46(29(41)5)31-14-12-15-32(24-31)47-33-19-20-36-35-16-9-10-18-37(35)45(38(36)25-33)39-23-30(21-22-43-39)42(6,7)8/h9-10,12,14-27,40H,11,13H2,1-8H3/t27-,40-/m0/s1. The Morgan fingerprint density at radius 1 is 0.851 bits per heavy atom. The van der Waals surface area contributed by atoms with Gasteiger partial charge in [-0.05, 0) is 92.0 Å². The van der Waals surface area contributed by atoms with Crippen LogP contribution in [0.25, 0.3) is 33.3 Å². The zero-order chi connectivity index (χ0) is 33.0. The molecule has 5 heteroatoms. The first-order chi connectivity index (χ1) is 22.5. The van der Waals surface area contributed by atoms with Gasteiger partial charge in [0, 0.05) is 46.3 Å². The van der Waals surface area contributed by atoms with Gasteiger partial charge in [-0.25, -0.2) is 9.67 Å². The van der Waals surface area contributed by atoms with E-state index in [0.29, 0.717) is 17.8 Å². The van der Waals surface area contributed by atoms with E-state index < -0.39 is 0 Å². The minimum Gasteiger partial charge on any atom is -0.457 e. The van der Waals surface area contributed by atoms with Gasteiger partial charge in [-0.3, -0.25) is 4.57 Å². The van der Waals surface area contributed by atoms with E-state index in [0.717, 1.165) is 39.7 Å². The number of hydrogen-bond donors (Lipinski definition) is 0. The Labute approximate surface area is 278 Å². The minimum absolute atomic E-state index is 0.0179. The highest BCUT2D eigenvalue weighted by Crippen LogP contribution is 2.44. The highest BCUT2D eigenvalue weighted by molar-refractivity contribution is 6.09. The van der Waals surface area contributed by atoms with E-state index >= 15 is 0 Å². The summed E-state index contributed by atoms with van der Waals surface area (Å²) in [7, 11) is 0. The lowest BCUT2D eigenvalue weighted by Crippen LogP contribution is -2.20. The molecule has 1 aliphatic rings. The van der Waals surface area contributed by atoms with Gasteiger partial charge in [0.15, 0.2) is 0 Å². The van der Waals surface area contributed by atoms with Gasteiger partial charge in [0.1, 0.15) is 17.3 Å². The Morgan fingerprint density at radius 3 is 2.40 bits per heavy atom. The molecule has 2 atom stereocenters. The van der Waals surface area contributed by atoms with Crippen LogP contribution in [0.4, 0.5) is 0 Å². The van der Waals surface area contributed by atoms with Gasteiger partial charge in [0.25, 0.3) is 0 Å². The second kappa shape index (κ2) is 11.9. The maximum Gasteiger partial charge on any atom is 0.137 e. The van der Waals surface area contributed by atoms with Crippen LogP contribution in [0.2, 0.25) is 0 Å². The van der Waals surface area contributed by atoms with Crippen LogP contribution in [-0.2, 0) is 5.41 Å². The van der Waals surface area contributed by atoms with E-state index in [1.807, 2.05) is 12.3 Å². The number of allylic oxidation sites excluding steroid dienone is 2. The molecular weight excluding hydrogens is 576 g/mol. The number of nitrogens with zero attached hydrogens (tertiary/aromatic N) is 4. The lowest BCUT2D eigenvalue weighted by molar-refractivity contribution is 0.420. The summed E-state index contributed by atoms with van der Waals surface area (Å²) in [6, 6.07) is 27.5. The number of rotatable bonds is 6. The van der Waals surface area contributed by atoms with Crippen LogP contribution in [0.5, 0.6) is 11.5 Å². The second-order valence-corrected chi connectivity index (χ2v) is 14.7. The summed E-state index contributed by atoms with van der Waals surface area (Å²) in [5, 5.41) is 7.46. The molecule has 3 aromatic heterocycles. The summed E-state index contributed by atoms with van der Waals surface area (Å²) >= 11 is 0. The van der Waals surface area contributed by atoms with E-state index in [1.54, 1.807) is 5.57 Å². The summed E-state index contributed by atoms with van der Waals surface area (Å²) in [6.45, 7) is 18.1. The molecular formula is C42H46N4O. The highest BCUT2D eigenvalue weighted by atomic mass is 16.5. The SMILES string of the molecule is Cc1nn(-c2cccc(Oc3ccc4c5ccccc5n(-c5cc(C(C)(C)C)ccn5)c4c3)c2)c(C)c1[C@@H]1C(C(C)C)=CCC[C@@H]1C. The first kappa shape index (κ1) is 31.0. The van der Waals surface area contributed by atoms with E-state index in [1.165, 1.54) is 40.4 Å².